The fraction of sp³-hybridized carbons (Fsp3) is 0.243. The highest BCUT2D eigenvalue weighted by atomic mass is 16.5. The highest BCUT2D eigenvalue weighted by Crippen LogP contribution is 2.41. The Labute approximate surface area is 243 Å². The first-order chi connectivity index (χ1) is 19.3. The third-order valence-electron chi connectivity index (χ3n) is 7.02. The average Bonchev–Trinajstić information content (AvgIpc) is 2.94. The van der Waals surface area contributed by atoms with Gasteiger partial charge in [-0.3, -0.25) is 4.79 Å². The van der Waals surface area contributed by atoms with E-state index in [9.17, 15) is 9.59 Å². The first-order valence-electron chi connectivity index (χ1n) is 13.8. The second-order valence-electron chi connectivity index (χ2n) is 12.4. The van der Waals surface area contributed by atoms with Gasteiger partial charge in [0.15, 0.2) is 5.78 Å². The Bertz CT molecular complexity index is 1550. The maximum absolute atomic E-state index is 13.5. The van der Waals surface area contributed by atoms with Gasteiger partial charge in [0.25, 0.3) is 0 Å². The quantitative estimate of drug-likeness (QED) is 0.177. The van der Waals surface area contributed by atoms with Gasteiger partial charge < -0.3 is 9.84 Å². The smallest absolute Gasteiger partial charge is 0.335 e. The third kappa shape index (κ3) is 7.40. The summed E-state index contributed by atoms with van der Waals surface area (Å²) in [7, 11) is 0. The summed E-state index contributed by atoms with van der Waals surface area (Å²) < 4.78 is 6.45. The lowest BCUT2D eigenvalue weighted by Gasteiger charge is -2.28. The van der Waals surface area contributed by atoms with E-state index in [0.29, 0.717) is 17.9 Å². The number of rotatable bonds is 8. The van der Waals surface area contributed by atoms with Crippen LogP contribution in [-0.4, -0.2) is 16.9 Å². The summed E-state index contributed by atoms with van der Waals surface area (Å²) in [6, 6.07) is 28.8. The van der Waals surface area contributed by atoms with Crippen LogP contribution in [0, 0.1) is 0 Å². The fourth-order valence-corrected chi connectivity index (χ4v) is 4.76. The third-order valence-corrected chi connectivity index (χ3v) is 7.02. The van der Waals surface area contributed by atoms with Crippen molar-refractivity contribution in [2.24, 2.45) is 0 Å². The molecule has 0 bridgehead atoms. The van der Waals surface area contributed by atoms with Gasteiger partial charge >= 0.3 is 5.97 Å². The molecular weight excluding hydrogens is 508 g/mol. The lowest BCUT2D eigenvalue weighted by Crippen LogP contribution is -2.16. The summed E-state index contributed by atoms with van der Waals surface area (Å²) in [5, 5.41) is 9.16. The van der Waals surface area contributed by atoms with Gasteiger partial charge in [-0.15, -0.1) is 0 Å². The van der Waals surface area contributed by atoms with E-state index in [1.165, 1.54) is 23.8 Å². The maximum atomic E-state index is 13.5. The van der Waals surface area contributed by atoms with Crippen LogP contribution in [0.5, 0.6) is 5.75 Å². The Morgan fingerprint density at radius 2 is 1.39 bits per heavy atom. The Morgan fingerprint density at radius 1 is 0.756 bits per heavy atom. The molecule has 210 valence electrons. The van der Waals surface area contributed by atoms with Crippen molar-refractivity contribution in [3.05, 3.63) is 130 Å². The maximum Gasteiger partial charge on any atom is 0.335 e. The van der Waals surface area contributed by atoms with Gasteiger partial charge in [0.1, 0.15) is 12.4 Å². The van der Waals surface area contributed by atoms with Crippen molar-refractivity contribution in [1.82, 2.24) is 0 Å². The monoisotopic (exact) mass is 546 g/mol. The minimum atomic E-state index is -0.985. The summed E-state index contributed by atoms with van der Waals surface area (Å²) >= 11 is 0. The number of ether oxygens (including phenoxy) is 1. The summed E-state index contributed by atoms with van der Waals surface area (Å²) in [6.45, 7) is 13.4. The van der Waals surface area contributed by atoms with Crippen LogP contribution in [0.25, 0.3) is 17.2 Å². The van der Waals surface area contributed by atoms with Crippen LogP contribution in [0.2, 0.25) is 0 Å². The van der Waals surface area contributed by atoms with Gasteiger partial charge in [0.2, 0.25) is 0 Å². The average molecular weight is 547 g/mol. The zero-order valence-electron chi connectivity index (χ0n) is 24.7. The molecule has 0 aliphatic carbocycles. The van der Waals surface area contributed by atoms with Gasteiger partial charge in [0.05, 0.1) is 5.56 Å². The van der Waals surface area contributed by atoms with Crippen LogP contribution in [0.1, 0.15) is 84.5 Å². The molecule has 4 nitrogen and oxygen atoms in total. The van der Waals surface area contributed by atoms with Crippen molar-refractivity contribution in [2.75, 3.05) is 0 Å². The van der Waals surface area contributed by atoms with Crippen LogP contribution < -0.4 is 4.74 Å². The topological polar surface area (TPSA) is 63.6 Å². The number of hydrogen-bond donors (Lipinski definition) is 1. The summed E-state index contributed by atoms with van der Waals surface area (Å²) in [4.78, 5) is 24.7. The van der Waals surface area contributed by atoms with Crippen molar-refractivity contribution in [3.63, 3.8) is 0 Å². The van der Waals surface area contributed by atoms with E-state index >= 15 is 0 Å². The van der Waals surface area contributed by atoms with E-state index in [1.54, 1.807) is 18.2 Å². The molecule has 0 saturated heterocycles. The van der Waals surface area contributed by atoms with E-state index < -0.39 is 5.97 Å². The van der Waals surface area contributed by atoms with Gasteiger partial charge in [-0.05, 0) is 69.0 Å². The van der Waals surface area contributed by atoms with Crippen LogP contribution in [0.4, 0.5) is 0 Å². The molecule has 0 radical (unpaired) electrons. The number of ketones is 1. The molecule has 0 amide bonds. The second kappa shape index (κ2) is 12.0. The highest BCUT2D eigenvalue weighted by Gasteiger charge is 2.26. The standard InChI is InChI=1S/C37H38O4/c1-36(2,3)30-19-17-27(18-20-30)31-22-29(32(38)21-14-25-12-15-28(16-13-25)35(39)40)23-33(34(31)37(4,5)6)41-24-26-10-8-7-9-11-26/h7-23H,24H2,1-6H3,(H,39,40). The van der Waals surface area contributed by atoms with E-state index in [0.717, 1.165) is 27.8 Å². The van der Waals surface area contributed by atoms with E-state index in [4.69, 9.17) is 9.84 Å². The molecule has 0 aliphatic heterocycles. The molecule has 1 N–H and O–H groups in total. The molecule has 0 unspecified atom stereocenters. The molecular formula is C37H38O4. The van der Waals surface area contributed by atoms with Crippen molar-refractivity contribution < 1.29 is 19.4 Å². The normalized spacial score (nSPS) is 12.0. The fourth-order valence-electron chi connectivity index (χ4n) is 4.76. The SMILES string of the molecule is CC(C)(C)c1ccc(-c2cc(C(=O)C=Cc3ccc(C(=O)O)cc3)cc(OCc3ccccc3)c2C(C)(C)C)cc1. The molecule has 4 rings (SSSR count). The molecule has 4 heteroatoms. The van der Waals surface area contributed by atoms with Crippen molar-refractivity contribution in [1.29, 1.82) is 0 Å². The molecule has 0 aliphatic rings. The second-order valence-corrected chi connectivity index (χ2v) is 12.4. The number of aromatic carboxylic acids is 1. The summed E-state index contributed by atoms with van der Waals surface area (Å²) in [5.41, 5.74) is 6.56. The largest absolute Gasteiger partial charge is 0.489 e. The predicted molar refractivity (Wildman–Crippen MR) is 167 cm³/mol. The molecule has 0 aromatic heterocycles. The minimum Gasteiger partial charge on any atom is -0.489 e. The number of benzene rings is 4. The van der Waals surface area contributed by atoms with Crippen LogP contribution in [0.3, 0.4) is 0 Å². The van der Waals surface area contributed by atoms with Crippen LogP contribution in [0.15, 0.2) is 97.1 Å². The van der Waals surface area contributed by atoms with Gasteiger partial charge in [0, 0.05) is 11.1 Å². The predicted octanol–water partition coefficient (Wildman–Crippen LogP) is 9.12. The lowest BCUT2D eigenvalue weighted by molar-refractivity contribution is 0.0696. The Kier molecular flexibility index (Phi) is 8.63. The Balaban J connectivity index is 1.79. The van der Waals surface area contributed by atoms with Gasteiger partial charge in [-0.25, -0.2) is 4.79 Å². The number of carboxylic acids is 1. The van der Waals surface area contributed by atoms with Crippen LogP contribution >= 0.6 is 0 Å². The zero-order chi connectivity index (χ0) is 29.8. The zero-order valence-corrected chi connectivity index (χ0v) is 24.7. The molecule has 0 heterocycles. The number of allylic oxidation sites excluding steroid dienone is 1. The van der Waals surface area contributed by atoms with Crippen molar-refractivity contribution in [3.8, 4) is 16.9 Å². The first kappa shape index (κ1) is 29.5. The highest BCUT2D eigenvalue weighted by molar-refractivity contribution is 6.08. The summed E-state index contributed by atoms with van der Waals surface area (Å²) in [5.74, 6) is -0.465. The van der Waals surface area contributed by atoms with Gasteiger partial charge in [-0.1, -0.05) is 114 Å². The molecule has 4 aromatic rings. The molecule has 0 atom stereocenters. The Hall–Kier alpha value is -4.44. The van der Waals surface area contributed by atoms with Gasteiger partial charge in [-0.2, -0.15) is 0 Å². The molecule has 0 saturated carbocycles. The van der Waals surface area contributed by atoms with Crippen LogP contribution in [-0.2, 0) is 17.4 Å². The summed E-state index contributed by atoms with van der Waals surface area (Å²) in [6.07, 6.45) is 3.23. The van der Waals surface area contributed by atoms with E-state index in [1.807, 2.05) is 42.5 Å². The number of carbonyl (C=O) groups is 2. The molecule has 0 fully saturated rings. The number of carboxylic acid groups (broad SMARTS) is 1. The number of carbonyl (C=O) groups excluding carboxylic acids is 1. The van der Waals surface area contributed by atoms with Crippen molar-refractivity contribution >= 4 is 17.8 Å². The molecule has 0 spiro atoms. The molecule has 41 heavy (non-hydrogen) atoms. The molecule has 4 aromatic carbocycles. The van der Waals surface area contributed by atoms with E-state index in [2.05, 4.69) is 65.8 Å². The number of hydrogen-bond acceptors (Lipinski definition) is 3. The first-order valence-corrected chi connectivity index (χ1v) is 13.8. The lowest BCUT2D eigenvalue weighted by atomic mass is 9.79. The van der Waals surface area contributed by atoms with E-state index in [-0.39, 0.29) is 22.2 Å². The van der Waals surface area contributed by atoms with Crippen molar-refractivity contribution in [2.45, 2.75) is 59.0 Å². The minimum absolute atomic E-state index is 0.0284. The Morgan fingerprint density at radius 3 is 1.95 bits per heavy atom.